The quantitative estimate of drug-likeness (QED) is 0.167. The molecule has 0 radical (unpaired) electrons. The van der Waals surface area contributed by atoms with Gasteiger partial charge in [-0.25, -0.2) is 0 Å². The van der Waals surface area contributed by atoms with Gasteiger partial charge in [-0.15, -0.1) is 11.3 Å². The molecule has 1 nitrogen and oxygen atoms in total. The number of benzene rings is 8. The second-order valence-corrected chi connectivity index (χ2v) is 15.6. The van der Waals surface area contributed by atoms with Crippen LogP contribution in [0.1, 0.15) is 25.0 Å². The third-order valence-corrected chi connectivity index (χ3v) is 12.2. The minimum Gasteiger partial charge on any atom is -0.310 e. The first-order valence-corrected chi connectivity index (χ1v) is 19.2. The SMILES string of the molecule is CC1(C)c2ccccc2-c2ccc(N(c3ccc(-c4ccccc4)cc3)c3cc4sc5ccccc5c4cc3-c3ccc(-c4ccccc4)cc3)cc21. The van der Waals surface area contributed by atoms with Gasteiger partial charge in [-0.2, -0.15) is 0 Å². The third kappa shape index (κ3) is 5.29. The second kappa shape index (κ2) is 12.5. The molecule has 10 rings (SSSR count). The topological polar surface area (TPSA) is 3.24 Å². The first-order chi connectivity index (χ1) is 26.0. The number of fused-ring (bicyclic) bond motifs is 6. The van der Waals surface area contributed by atoms with E-state index in [1.54, 1.807) is 0 Å². The van der Waals surface area contributed by atoms with E-state index >= 15 is 0 Å². The van der Waals surface area contributed by atoms with E-state index in [0.717, 1.165) is 17.1 Å². The molecule has 2 heteroatoms. The summed E-state index contributed by atoms with van der Waals surface area (Å²) in [5, 5.41) is 2.60. The zero-order valence-corrected chi connectivity index (χ0v) is 30.6. The molecule has 0 fully saturated rings. The maximum atomic E-state index is 2.48. The van der Waals surface area contributed by atoms with E-state index in [2.05, 4.69) is 207 Å². The molecule has 1 aromatic heterocycles. The second-order valence-electron chi connectivity index (χ2n) is 14.6. The first-order valence-electron chi connectivity index (χ1n) is 18.3. The fourth-order valence-corrected chi connectivity index (χ4v) is 9.46. The Morgan fingerprint density at radius 2 is 0.925 bits per heavy atom. The third-order valence-electron chi connectivity index (χ3n) is 11.1. The maximum absolute atomic E-state index is 2.48. The Morgan fingerprint density at radius 1 is 0.377 bits per heavy atom. The van der Waals surface area contributed by atoms with Gasteiger partial charge in [0.15, 0.2) is 0 Å². The van der Waals surface area contributed by atoms with Crippen LogP contribution in [0.5, 0.6) is 0 Å². The van der Waals surface area contributed by atoms with E-state index in [9.17, 15) is 0 Å². The van der Waals surface area contributed by atoms with E-state index < -0.39 is 0 Å². The van der Waals surface area contributed by atoms with Crippen molar-refractivity contribution in [3.05, 3.63) is 199 Å². The smallest absolute Gasteiger partial charge is 0.0554 e. The van der Waals surface area contributed by atoms with Gasteiger partial charge in [0.05, 0.1) is 5.69 Å². The number of nitrogens with zero attached hydrogens (tertiary/aromatic N) is 1. The van der Waals surface area contributed by atoms with Crippen LogP contribution in [0.3, 0.4) is 0 Å². The van der Waals surface area contributed by atoms with Crippen molar-refractivity contribution in [2.75, 3.05) is 4.90 Å². The molecule has 1 aliphatic carbocycles. The van der Waals surface area contributed by atoms with Gasteiger partial charge in [-0.05, 0) is 92.5 Å². The largest absolute Gasteiger partial charge is 0.310 e. The molecule has 0 atom stereocenters. The van der Waals surface area contributed by atoms with Crippen LogP contribution in [0.15, 0.2) is 188 Å². The summed E-state index contributed by atoms with van der Waals surface area (Å²) in [4.78, 5) is 2.48. The molecule has 1 aliphatic rings. The summed E-state index contributed by atoms with van der Waals surface area (Å²) in [6.45, 7) is 4.73. The normalized spacial score (nSPS) is 12.9. The van der Waals surface area contributed by atoms with Crippen molar-refractivity contribution in [3.8, 4) is 44.5 Å². The average Bonchev–Trinajstić information content (AvgIpc) is 3.69. The number of thiophene rings is 1. The fourth-order valence-electron chi connectivity index (χ4n) is 8.34. The molecule has 0 saturated heterocycles. The summed E-state index contributed by atoms with van der Waals surface area (Å²) in [5.74, 6) is 0. The van der Waals surface area contributed by atoms with E-state index in [1.165, 1.54) is 75.8 Å². The molecule has 1 heterocycles. The van der Waals surface area contributed by atoms with Crippen molar-refractivity contribution in [3.63, 3.8) is 0 Å². The number of hydrogen-bond donors (Lipinski definition) is 0. The van der Waals surface area contributed by atoms with Gasteiger partial charge in [-0.1, -0.05) is 159 Å². The number of rotatable bonds is 6. The highest BCUT2D eigenvalue weighted by Crippen LogP contribution is 2.52. The van der Waals surface area contributed by atoms with Crippen LogP contribution in [-0.4, -0.2) is 0 Å². The molecule has 0 N–H and O–H groups in total. The molecular weight excluding hydrogens is 659 g/mol. The van der Waals surface area contributed by atoms with Crippen LogP contribution in [0.2, 0.25) is 0 Å². The zero-order chi connectivity index (χ0) is 35.5. The highest BCUT2D eigenvalue weighted by atomic mass is 32.1. The summed E-state index contributed by atoms with van der Waals surface area (Å²) in [5.41, 5.74) is 16.0. The Balaban J connectivity index is 1.21. The van der Waals surface area contributed by atoms with Gasteiger partial charge in [-0.3, -0.25) is 0 Å². The summed E-state index contributed by atoms with van der Waals surface area (Å²) in [7, 11) is 0. The maximum Gasteiger partial charge on any atom is 0.0554 e. The van der Waals surface area contributed by atoms with E-state index in [1.807, 2.05) is 11.3 Å². The van der Waals surface area contributed by atoms with Gasteiger partial charge in [0, 0.05) is 42.5 Å². The van der Waals surface area contributed by atoms with Crippen molar-refractivity contribution in [1.82, 2.24) is 0 Å². The highest BCUT2D eigenvalue weighted by Gasteiger charge is 2.36. The lowest BCUT2D eigenvalue weighted by Gasteiger charge is -2.30. The zero-order valence-electron chi connectivity index (χ0n) is 29.8. The summed E-state index contributed by atoms with van der Waals surface area (Å²) in [6.07, 6.45) is 0. The van der Waals surface area contributed by atoms with Crippen LogP contribution in [0.25, 0.3) is 64.7 Å². The Bertz CT molecular complexity index is 2780. The average molecular weight is 696 g/mol. The lowest BCUT2D eigenvalue weighted by Crippen LogP contribution is -2.16. The lowest BCUT2D eigenvalue weighted by atomic mass is 9.82. The van der Waals surface area contributed by atoms with Gasteiger partial charge < -0.3 is 4.90 Å². The Morgan fingerprint density at radius 3 is 1.64 bits per heavy atom. The van der Waals surface area contributed by atoms with Crippen molar-refractivity contribution in [2.45, 2.75) is 19.3 Å². The Kier molecular flexibility index (Phi) is 7.42. The molecule has 53 heavy (non-hydrogen) atoms. The van der Waals surface area contributed by atoms with E-state index in [4.69, 9.17) is 0 Å². The fraction of sp³-hybridized carbons (Fsp3) is 0.0588. The van der Waals surface area contributed by atoms with Gasteiger partial charge >= 0.3 is 0 Å². The number of anilines is 3. The minimum absolute atomic E-state index is 0.115. The molecule has 0 saturated carbocycles. The first kappa shape index (κ1) is 31.5. The molecule has 8 aromatic carbocycles. The molecule has 0 bridgehead atoms. The minimum atomic E-state index is -0.115. The molecular formula is C51H37NS. The number of hydrogen-bond acceptors (Lipinski definition) is 2. The Hall–Kier alpha value is -6.22. The van der Waals surface area contributed by atoms with Crippen molar-refractivity contribution < 1.29 is 0 Å². The summed E-state index contributed by atoms with van der Waals surface area (Å²) < 4.78 is 2.59. The van der Waals surface area contributed by atoms with Crippen LogP contribution in [-0.2, 0) is 5.41 Å². The van der Waals surface area contributed by atoms with Crippen LogP contribution < -0.4 is 4.90 Å². The van der Waals surface area contributed by atoms with Crippen LogP contribution in [0, 0.1) is 0 Å². The summed E-state index contributed by atoms with van der Waals surface area (Å²) in [6, 6.07) is 69.2. The predicted molar refractivity (Wildman–Crippen MR) is 228 cm³/mol. The molecule has 252 valence electrons. The lowest BCUT2D eigenvalue weighted by molar-refractivity contribution is 0.660. The highest BCUT2D eigenvalue weighted by molar-refractivity contribution is 7.25. The van der Waals surface area contributed by atoms with Gasteiger partial charge in [0.1, 0.15) is 0 Å². The molecule has 9 aromatic rings. The monoisotopic (exact) mass is 695 g/mol. The van der Waals surface area contributed by atoms with Crippen molar-refractivity contribution in [2.24, 2.45) is 0 Å². The van der Waals surface area contributed by atoms with Crippen LogP contribution >= 0.6 is 11.3 Å². The van der Waals surface area contributed by atoms with E-state index in [0.29, 0.717) is 0 Å². The van der Waals surface area contributed by atoms with Gasteiger partial charge in [0.25, 0.3) is 0 Å². The Labute approximate surface area is 315 Å². The molecule has 0 aliphatic heterocycles. The standard InChI is InChI=1S/C51H37NS/c1-51(2)46-19-11-9-17-41(46)42-30-29-40(31-47(42)51)52(39-27-25-37(26-28-39)35-15-7-4-8-16-35)48-33-50-45(43-18-10-12-20-49(43)53-50)32-44(48)38-23-21-36(22-24-38)34-13-5-3-6-14-34/h3-33H,1-2H3. The van der Waals surface area contributed by atoms with E-state index in [-0.39, 0.29) is 5.41 Å². The molecule has 0 unspecified atom stereocenters. The van der Waals surface area contributed by atoms with Gasteiger partial charge in [0.2, 0.25) is 0 Å². The van der Waals surface area contributed by atoms with Crippen molar-refractivity contribution in [1.29, 1.82) is 0 Å². The van der Waals surface area contributed by atoms with Crippen LogP contribution in [0.4, 0.5) is 17.1 Å². The molecule has 0 spiro atoms. The summed E-state index contributed by atoms with van der Waals surface area (Å²) >= 11 is 1.87. The van der Waals surface area contributed by atoms with Crippen molar-refractivity contribution >= 4 is 48.6 Å². The molecule has 0 amide bonds. The predicted octanol–water partition coefficient (Wildman–Crippen LogP) is 14.8.